The lowest BCUT2D eigenvalue weighted by molar-refractivity contribution is -0.145. The number of alkyl halides is 3. The SMILES string of the molecule is Cc1cc(-c2nc(-c3ccc4c(c3)CCC4NC3CC(C(=O)O)C3)no2)ccc1-c1cccc(Br)c1C(F)(F)F. The van der Waals surface area contributed by atoms with Crippen LogP contribution in [-0.4, -0.2) is 27.3 Å². The van der Waals surface area contributed by atoms with Gasteiger partial charge in [-0.1, -0.05) is 51.4 Å². The fraction of sp³-hybridized carbons (Fsp3) is 0.300. The first-order valence-corrected chi connectivity index (χ1v) is 13.8. The predicted molar refractivity (Wildman–Crippen MR) is 146 cm³/mol. The first-order valence-electron chi connectivity index (χ1n) is 13.0. The van der Waals surface area contributed by atoms with Gasteiger partial charge in [0.15, 0.2) is 0 Å². The second-order valence-electron chi connectivity index (χ2n) is 10.5. The van der Waals surface area contributed by atoms with Gasteiger partial charge in [0.05, 0.1) is 11.5 Å². The summed E-state index contributed by atoms with van der Waals surface area (Å²) < 4.78 is 46.8. The van der Waals surface area contributed by atoms with E-state index in [0.29, 0.717) is 35.4 Å². The minimum atomic E-state index is -4.51. The Balaban J connectivity index is 1.21. The number of nitrogens with one attached hydrogen (secondary N) is 1. The van der Waals surface area contributed by atoms with Crippen molar-refractivity contribution >= 4 is 21.9 Å². The first-order chi connectivity index (χ1) is 19.1. The van der Waals surface area contributed by atoms with Crippen LogP contribution < -0.4 is 5.32 Å². The van der Waals surface area contributed by atoms with Gasteiger partial charge in [-0.3, -0.25) is 4.79 Å². The first kappa shape index (κ1) is 26.7. The van der Waals surface area contributed by atoms with Crippen molar-refractivity contribution in [2.24, 2.45) is 5.92 Å². The van der Waals surface area contributed by atoms with Crippen LogP contribution in [0.2, 0.25) is 0 Å². The molecule has 40 heavy (non-hydrogen) atoms. The molecule has 0 bridgehead atoms. The molecular formula is C30H25BrF3N3O3. The maximum absolute atomic E-state index is 13.8. The largest absolute Gasteiger partial charge is 0.481 e. The summed E-state index contributed by atoms with van der Waals surface area (Å²) >= 11 is 3.05. The Labute approximate surface area is 236 Å². The molecule has 206 valence electrons. The monoisotopic (exact) mass is 611 g/mol. The number of benzene rings is 3. The van der Waals surface area contributed by atoms with E-state index >= 15 is 0 Å². The number of aliphatic carboxylic acids is 1. The molecule has 2 N–H and O–H groups in total. The third kappa shape index (κ3) is 4.94. The zero-order valence-electron chi connectivity index (χ0n) is 21.4. The second-order valence-corrected chi connectivity index (χ2v) is 11.3. The average molecular weight is 612 g/mol. The Bertz CT molecular complexity index is 1610. The lowest BCUT2D eigenvalue weighted by atomic mass is 9.80. The Morgan fingerprint density at radius 3 is 2.58 bits per heavy atom. The van der Waals surface area contributed by atoms with Crippen molar-refractivity contribution in [3.05, 3.63) is 81.3 Å². The summed E-state index contributed by atoms with van der Waals surface area (Å²) in [6.07, 6.45) is -1.33. The Morgan fingerprint density at radius 2 is 1.85 bits per heavy atom. The van der Waals surface area contributed by atoms with Crippen LogP contribution in [0.5, 0.6) is 0 Å². The van der Waals surface area contributed by atoms with E-state index in [-0.39, 0.29) is 33.9 Å². The molecule has 3 aromatic carbocycles. The number of hydrogen-bond donors (Lipinski definition) is 2. The molecule has 1 atom stereocenters. The molecule has 1 aromatic heterocycles. The lowest BCUT2D eigenvalue weighted by Gasteiger charge is -2.35. The molecule has 0 radical (unpaired) electrons. The molecule has 2 aliphatic carbocycles. The number of hydrogen-bond acceptors (Lipinski definition) is 5. The summed E-state index contributed by atoms with van der Waals surface area (Å²) in [4.78, 5) is 15.7. The van der Waals surface area contributed by atoms with E-state index in [1.54, 1.807) is 31.2 Å². The number of aromatic nitrogens is 2. The number of halogens is 4. The van der Waals surface area contributed by atoms with Gasteiger partial charge in [-0.15, -0.1) is 0 Å². The maximum atomic E-state index is 13.8. The topological polar surface area (TPSA) is 88.2 Å². The smallest absolute Gasteiger partial charge is 0.418 e. The van der Waals surface area contributed by atoms with Gasteiger partial charge in [-0.2, -0.15) is 18.2 Å². The summed E-state index contributed by atoms with van der Waals surface area (Å²) in [5.41, 5.74) is 4.36. The highest BCUT2D eigenvalue weighted by Crippen LogP contribution is 2.43. The maximum Gasteiger partial charge on any atom is 0.418 e. The molecule has 4 aromatic rings. The van der Waals surface area contributed by atoms with Crippen LogP contribution in [0.3, 0.4) is 0 Å². The van der Waals surface area contributed by atoms with Crippen molar-refractivity contribution in [2.75, 3.05) is 0 Å². The molecule has 10 heteroatoms. The van der Waals surface area contributed by atoms with Crippen molar-refractivity contribution in [1.29, 1.82) is 0 Å². The van der Waals surface area contributed by atoms with Gasteiger partial charge in [-0.25, -0.2) is 0 Å². The number of carbonyl (C=O) groups is 1. The standard InChI is InChI=1S/C30H25BrF3N3O3/c1-15-11-18(6-8-21(15)23-3-2-4-24(31)26(23)30(32,33)34)28-36-27(37-40-28)17-5-9-22-16(12-17)7-10-25(22)35-20-13-19(14-20)29(38)39/h2-6,8-9,11-12,19-20,25,35H,7,10,13-14H2,1H3,(H,38,39). The van der Waals surface area contributed by atoms with Crippen LogP contribution in [-0.2, 0) is 17.4 Å². The van der Waals surface area contributed by atoms with E-state index in [4.69, 9.17) is 9.63 Å². The highest BCUT2D eigenvalue weighted by Gasteiger charge is 2.37. The molecule has 0 aliphatic heterocycles. The molecular weight excluding hydrogens is 587 g/mol. The van der Waals surface area contributed by atoms with Crippen molar-refractivity contribution in [2.45, 2.75) is 50.9 Å². The second kappa shape index (κ2) is 10.2. The number of nitrogens with zero attached hydrogens (tertiary/aromatic N) is 2. The molecule has 6 nitrogen and oxygen atoms in total. The Kier molecular flexibility index (Phi) is 6.78. The number of carboxylic acid groups (broad SMARTS) is 1. The van der Waals surface area contributed by atoms with Crippen molar-refractivity contribution in [1.82, 2.24) is 15.5 Å². The van der Waals surface area contributed by atoms with Crippen LogP contribution in [0.1, 0.15) is 47.6 Å². The van der Waals surface area contributed by atoms with Crippen molar-refractivity contribution < 1.29 is 27.6 Å². The summed E-state index contributed by atoms with van der Waals surface area (Å²) in [6.45, 7) is 1.76. The van der Waals surface area contributed by atoms with Crippen LogP contribution in [0, 0.1) is 12.8 Å². The Morgan fingerprint density at radius 1 is 1.07 bits per heavy atom. The van der Waals surface area contributed by atoms with Gasteiger partial charge in [0.2, 0.25) is 5.82 Å². The fourth-order valence-electron chi connectivity index (χ4n) is 5.76. The van der Waals surface area contributed by atoms with Gasteiger partial charge in [0.1, 0.15) is 0 Å². The molecule has 1 saturated carbocycles. The zero-order chi connectivity index (χ0) is 28.2. The molecule has 2 aliphatic rings. The quantitative estimate of drug-likeness (QED) is 0.233. The summed E-state index contributed by atoms with van der Waals surface area (Å²) in [7, 11) is 0. The van der Waals surface area contributed by atoms with E-state index in [1.807, 2.05) is 6.07 Å². The Hall–Kier alpha value is -3.50. The van der Waals surface area contributed by atoms with Crippen molar-refractivity contribution in [3.8, 4) is 34.0 Å². The minimum Gasteiger partial charge on any atom is -0.481 e. The normalized spacial score (nSPS) is 20.3. The summed E-state index contributed by atoms with van der Waals surface area (Å²) in [5.74, 6) is -0.246. The zero-order valence-corrected chi connectivity index (χ0v) is 23.0. The number of fused-ring (bicyclic) bond motifs is 1. The third-order valence-electron chi connectivity index (χ3n) is 7.89. The van der Waals surface area contributed by atoms with Crippen LogP contribution in [0.15, 0.2) is 63.6 Å². The number of carboxylic acids is 1. The van der Waals surface area contributed by atoms with Crippen LogP contribution >= 0.6 is 15.9 Å². The highest BCUT2D eigenvalue weighted by atomic mass is 79.9. The molecule has 1 unspecified atom stereocenters. The molecule has 0 saturated heterocycles. The summed E-state index contributed by atoms with van der Waals surface area (Å²) in [5, 5.41) is 16.9. The van der Waals surface area contributed by atoms with E-state index < -0.39 is 17.7 Å². The molecule has 1 fully saturated rings. The number of rotatable bonds is 6. The molecule has 6 rings (SSSR count). The van der Waals surface area contributed by atoms with Crippen LogP contribution in [0.25, 0.3) is 34.0 Å². The van der Waals surface area contributed by atoms with Gasteiger partial charge in [-0.05, 0) is 84.7 Å². The molecule has 1 heterocycles. The van der Waals surface area contributed by atoms with E-state index in [1.165, 1.54) is 23.3 Å². The van der Waals surface area contributed by atoms with Crippen molar-refractivity contribution in [3.63, 3.8) is 0 Å². The van der Waals surface area contributed by atoms with Gasteiger partial charge >= 0.3 is 12.1 Å². The van der Waals surface area contributed by atoms with Gasteiger partial charge < -0.3 is 14.9 Å². The lowest BCUT2D eigenvalue weighted by Crippen LogP contribution is -2.45. The van der Waals surface area contributed by atoms with E-state index in [9.17, 15) is 18.0 Å². The summed E-state index contributed by atoms with van der Waals surface area (Å²) in [6, 6.07) is 16.0. The van der Waals surface area contributed by atoms with E-state index in [0.717, 1.165) is 18.4 Å². The fourth-order valence-corrected chi connectivity index (χ4v) is 6.35. The number of aryl methyl sites for hydroxylation is 2. The minimum absolute atomic E-state index is 0.00571. The van der Waals surface area contributed by atoms with Crippen LogP contribution in [0.4, 0.5) is 13.2 Å². The van der Waals surface area contributed by atoms with E-state index in [2.05, 4.69) is 43.5 Å². The average Bonchev–Trinajstić information content (AvgIpc) is 3.52. The third-order valence-corrected chi connectivity index (χ3v) is 8.55. The highest BCUT2D eigenvalue weighted by molar-refractivity contribution is 9.10. The van der Waals surface area contributed by atoms with Gasteiger partial charge in [0, 0.05) is 27.7 Å². The predicted octanol–water partition coefficient (Wildman–Crippen LogP) is 7.60. The van der Waals surface area contributed by atoms with Gasteiger partial charge in [0.25, 0.3) is 5.89 Å². The molecule has 0 spiro atoms. The molecule has 0 amide bonds.